The van der Waals surface area contributed by atoms with Crippen molar-refractivity contribution >= 4 is 11.3 Å². The molecule has 0 saturated carbocycles. The molecule has 0 radical (unpaired) electrons. The molecule has 2 bridgehead atoms. The molecule has 6 rings (SSSR count). The predicted octanol–water partition coefficient (Wildman–Crippen LogP) is 4.49. The Bertz CT molecular complexity index is 890. The molecule has 3 fully saturated rings. The summed E-state index contributed by atoms with van der Waals surface area (Å²) in [4.78, 5) is 2.49. The number of para-hydroxylation sites is 1. The summed E-state index contributed by atoms with van der Waals surface area (Å²) in [6.07, 6.45) is 6.16. The van der Waals surface area contributed by atoms with Gasteiger partial charge in [0.05, 0.1) is 12.1 Å². The van der Waals surface area contributed by atoms with Gasteiger partial charge in [0.25, 0.3) is 0 Å². The molecule has 0 aliphatic carbocycles. The molecular formula is C25H28N2O. The van der Waals surface area contributed by atoms with Crippen LogP contribution >= 0.6 is 0 Å². The number of piperidine rings is 3. The molecule has 3 nitrogen and oxygen atoms in total. The number of rotatable bonds is 4. The average molecular weight is 373 g/mol. The fraction of sp³-hybridized carbons (Fsp3) is 0.360. The van der Waals surface area contributed by atoms with Crippen LogP contribution in [0, 0.1) is 11.8 Å². The van der Waals surface area contributed by atoms with E-state index >= 15 is 0 Å². The fourth-order valence-electron chi connectivity index (χ4n) is 5.35. The Morgan fingerprint density at radius 3 is 2.64 bits per heavy atom. The second-order valence-corrected chi connectivity index (χ2v) is 8.39. The van der Waals surface area contributed by atoms with E-state index < -0.39 is 6.10 Å². The van der Waals surface area contributed by atoms with Crippen LogP contribution in [0.4, 0.5) is 5.69 Å². The van der Waals surface area contributed by atoms with E-state index in [-0.39, 0.29) is 12.1 Å². The number of hydrogen-bond donors (Lipinski definition) is 2. The number of anilines is 1. The lowest BCUT2D eigenvalue weighted by molar-refractivity contribution is -0.0254. The SMILES string of the molecule is C=C[C@@H]1CN2CC[C@H]1C[C@H]2[C@H](O)C1=CC(c2ccccc2)Nc2ccccc21. The van der Waals surface area contributed by atoms with E-state index in [1.807, 2.05) is 6.07 Å². The number of hydrogen-bond acceptors (Lipinski definition) is 3. The first-order valence-corrected chi connectivity index (χ1v) is 10.4. The number of aliphatic hydroxyl groups excluding tert-OH is 1. The van der Waals surface area contributed by atoms with Gasteiger partial charge in [-0.15, -0.1) is 6.58 Å². The van der Waals surface area contributed by atoms with Crippen molar-refractivity contribution < 1.29 is 5.11 Å². The van der Waals surface area contributed by atoms with Crippen LogP contribution in [-0.2, 0) is 0 Å². The molecule has 144 valence electrons. The minimum absolute atomic E-state index is 0.0810. The van der Waals surface area contributed by atoms with Gasteiger partial charge in [0.15, 0.2) is 0 Å². The van der Waals surface area contributed by atoms with Crippen molar-refractivity contribution in [2.45, 2.75) is 31.0 Å². The van der Waals surface area contributed by atoms with Crippen molar-refractivity contribution in [2.75, 3.05) is 18.4 Å². The Kier molecular flexibility index (Phi) is 4.58. The lowest BCUT2D eigenvalue weighted by Crippen LogP contribution is -2.57. The van der Waals surface area contributed by atoms with Gasteiger partial charge in [-0.1, -0.05) is 60.7 Å². The average Bonchev–Trinajstić information content (AvgIpc) is 2.78. The van der Waals surface area contributed by atoms with Gasteiger partial charge in [-0.3, -0.25) is 4.90 Å². The molecule has 3 saturated heterocycles. The Labute approximate surface area is 167 Å². The fourth-order valence-corrected chi connectivity index (χ4v) is 5.35. The summed E-state index contributed by atoms with van der Waals surface area (Å²) in [5.41, 5.74) is 4.52. The van der Waals surface area contributed by atoms with Gasteiger partial charge < -0.3 is 10.4 Å². The molecule has 4 heterocycles. The number of fused-ring (bicyclic) bond motifs is 4. The van der Waals surface area contributed by atoms with Gasteiger partial charge in [0.2, 0.25) is 0 Å². The molecule has 2 N–H and O–H groups in total. The van der Waals surface area contributed by atoms with Crippen LogP contribution < -0.4 is 5.32 Å². The minimum Gasteiger partial charge on any atom is -0.387 e. The Hall–Kier alpha value is -2.36. The Balaban J connectivity index is 1.49. The number of aliphatic hydroxyl groups is 1. The van der Waals surface area contributed by atoms with E-state index in [4.69, 9.17) is 0 Å². The molecule has 4 aliphatic rings. The maximum absolute atomic E-state index is 11.5. The summed E-state index contributed by atoms with van der Waals surface area (Å²) in [6.45, 7) is 6.15. The monoisotopic (exact) mass is 372 g/mol. The number of nitrogens with one attached hydrogen (secondary N) is 1. The molecule has 0 aromatic heterocycles. The molecular weight excluding hydrogens is 344 g/mol. The van der Waals surface area contributed by atoms with Crippen molar-refractivity contribution in [3.63, 3.8) is 0 Å². The van der Waals surface area contributed by atoms with Crippen molar-refractivity contribution in [1.82, 2.24) is 4.90 Å². The summed E-state index contributed by atoms with van der Waals surface area (Å²) < 4.78 is 0. The summed E-state index contributed by atoms with van der Waals surface area (Å²) >= 11 is 0. The Morgan fingerprint density at radius 1 is 1.11 bits per heavy atom. The largest absolute Gasteiger partial charge is 0.387 e. The van der Waals surface area contributed by atoms with Gasteiger partial charge in [0, 0.05) is 23.8 Å². The quantitative estimate of drug-likeness (QED) is 0.776. The highest BCUT2D eigenvalue weighted by molar-refractivity contribution is 5.82. The van der Waals surface area contributed by atoms with Gasteiger partial charge >= 0.3 is 0 Å². The van der Waals surface area contributed by atoms with E-state index in [1.165, 1.54) is 12.0 Å². The first-order valence-electron chi connectivity index (χ1n) is 10.4. The molecule has 6 atom stereocenters. The third-order valence-corrected chi connectivity index (χ3v) is 6.89. The summed E-state index contributed by atoms with van der Waals surface area (Å²) in [5, 5.41) is 15.2. The lowest BCUT2D eigenvalue weighted by Gasteiger charge is -2.51. The zero-order valence-corrected chi connectivity index (χ0v) is 16.2. The lowest BCUT2D eigenvalue weighted by atomic mass is 9.73. The third kappa shape index (κ3) is 2.99. The maximum Gasteiger partial charge on any atom is 0.0949 e. The van der Waals surface area contributed by atoms with Crippen molar-refractivity contribution in [3.05, 3.63) is 84.5 Å². The van der Waals surface area contributed by atoms with Crippen molar-refractivity contribution in [1.29, 1.82) is 0 Å². The van der Waals surface area contributed by atoms with E-state index in [9.17, 15) is 5.11 Å². The highest BCUT2D eigenvalue weighted by atomic mass is 16.3. The predicted molar refractivity (Wildman–Crippen MR) is 115 cm³/mol. The first kappa shape index (κ1) is 17.7. The van der Waals surface area contributed by atoms with Crippen LogP contribution in [0.1, 0.15) is 30.0 Å². The Morgan fingerprint density at radius 2 is 1.89 bits per heavy atom. The molecule has 28 heavy (non-hydrogen) atoms. The van der Waals surface area contributed by atoms with Gasteiger partial charge in [-0.25, -0.2) is 0 Å². The molecule has 3 heteroatoms. The smallest absolute Gasteiger partial charge is 0.0949 e. The standard InChI is InChI=1S/C25H28N2O/c1-2-17-16-27-13-12-19(17)14-24(27)25(28)21-15-23(18-8-4-3-5-9-18)26-22-11-7-6-10-20(21)22/h2-11,15,17,19,23-26,28H,1,12-14,16H2/t17-,19+,23?,24+,25-/m1/s1. The molecule has 2 unspecified atom stereocenters. The zero-order chi connectivity index (χ0) is 19.1. The van der Waals surface area contributed by atoms with E-state index in [2.05, 4.69) is 77.5 Å². The van der Waals surface area contributed by atoms with Crippen LogP contribution in [0.25, 0.3) is 5.57 Å². The number of benzene rings is 2. The van der Waals surface area contributed by atoms with E-state index in [0.717, 1.165) is 36.3 Å². The van der Waals surface area contributed by atoms with Crippen molar-refractivity contribution in [2.24, 2.45) is 11.8 Å². The minimum atomic E-state index is -0.469. The molecule has 4 aliphatic heterocycles. The maximum atomic E-state index is 11.5. The zero-order valence-electron chi connectivity index (χ0n) is 16.2. The first-order chi connectivity index (χ1) is 13.7. The van der Waals surface area contributed by atoms with E-state index in [0.29, 0.717) is 11.8 Å². The summed E-state index contributed by atoms with van der Waals surface area (Å²) in [7, 11) is 0. The second-order valence-electron chi connectivity index (χ2n) is 8.39. The highest BCUT2D eigenvalue weighted by Crippen LogP contribution is 2.43. The van der Waals surface area contributed by atoms with Gasteiger partial charge in [0.1, 0.15) is 0 Å². The van der Waals surface area contributed by atoms with E-state index in [1.54, 1.807) is 0 Å². The van der Waals surface area contributed by atoms with Crippen molar-refractivity contribution in [3.8, 4) is 0 Å². The van der Waals surface area contributed by atoms with Crippen LogP contribution in [0.15, 0.2) is 73.3 Å². The van der Waals surface area contributed by atoms with Crippen LogP contribution in [0.2, 0.25) is 0 Å². The van der Waals surface area contributed by atoms with Crippen LogP contribution in [-0.4, -0.2) is 35.2 Å². The normalized spacial score (nSPS) is 32.0. The molecule has 0 amide bonds. The second kappa shape index (κ2) is 7.23. The highest BCUT2D eigenvalue weighted by Gasteiger charge is 2.43. The number of nitrogens with zero attached hydrogens (tertiary/aromatic N) is 1. The van der Waals surface area contributed by atoms with Gasteiger partial charge in [-0.05, 0) is 48.4 Å². The van der Waals surface area contributed by atoms with Crippen LogP contribution in [0.3, 0.4) is 0 Å². The molecule has 2 aromatic carbocycles. The van der Waals surface area contributed by atoms with Gasteiger partial charge in [-0.2, -0.15) is 0 Å². The summed E-state index contributed by atoms with van der Waals surface area (Å²) in [5.74, 6) is 1.23. The topological polar surface area (TPSA) is 35.5 Å². The van der Waals surface area contributed by atoms with Crippen LogP contribution in [0.5, 0.6) is 0 Å². The molecule has 2 aromatic rings. The summed E-state index contributed by atoms with van der Waals surface area (Å²) in [6, 6.07) is 19.1. The third-order valence-electron chi connectivity index (χ3n) is 6.89. The molecule has 0 spiro atoms.